The number of halogens is 1. The van der Waals surface area contributed by atoms with Crippen LogP contribution in [0.15, 0.2) is 4.99 Å². The lowest BCUT2D eigenvalue weighted by Crippen LogP contribution is -2.44. The summed E-state index contributed by atoms with van der Waals surface area (Å²) < 4.78 is 5.27. The van der Waals surface area contributed by atoms with Crippen LogP contribution in [0.2, 0.25) is 0 Å². The number of hydrogen-bond donors (Lipinski definition) is 3. The van der Waals surface area contributed by atoms with Crippen LogP contribution in [-0.2, 0) is 4.74 Å². The van der Waals surface area contributed by atoms with E-state index in [0.717, 1.165) is 45.2 Å². The predicted octanol–water partition coefficient (Wildman–Crippen LogP) is 1.58. The monoisotopic (exact) mass is 386 g/mol. The zero-order valence-corrected chi connectivity index (χ0v) is 15.3. The Kier molecular flexibility index (Phi) is 14.4. The van der Waals surface area contributed by atoms with Gasteiger partial charge in [0.05, 0.1) is 0 Å². The minimum Gasteiger partial charge on any atom is -0.382 e. The number of nitrogens with zero attached hydrogens (tertiary/aromatic N) is 1. The highest BCUT2D eigenvalue weighted by Gasteiger charge is 2.07. The topological polar surface area (TPSA) is 57.7 Å². The Balaban J connectivity index is 0. The van der Waals surface area contributed by atoms with Gasteiger partial charge in [0.15, 0.2) is 5.96 Å². The maximum absolute atomic E-state index is 5.27. The fourth-order valence-corrected chi connectivity index (χ4v) is 1.36. The third-order valence-corrected chi connectivity index (χ3v) is 2.26. The summed E-state index contributed by atoms with van der Waals surface area (Å²) >= 11 is 0. The summed E-state index contributed by atoms with van der Waals surface area (Å²) in [5.41, 5.74) is 0.163. The lowest BCUT2D eigenvalue weighted by atomic mass is 10.1. The summed E-state index contributed by atoms with van der Waals surface area (Å²) in [6.45, 7) is 12.7. The molecule has 0 aromatic carbocycles. The van der Waals surface area contributed by atoms with Crippen molar-refractivity contribution in [2.75, 3.05) is 39.9 Å². The van der Waals surface area contributed by atoms with Gasteiger partial charge >= 0.3 is 0 Å². The van der Waals surface area contributed by atoms with E-state index in [1.165, 1.54) is 0 Å². The normalized spacial score (nSPS) is 11.9. The van der Waals surface area contributed by atoms with Gasteiger partial charge in [-0.25, -0.2) is 0 Å². The van der Waals surface area contributed by atoms with Crippen LogP contribution >= 0.6 is 24.0 Å². The number of aliphatic imine (C=N–C) groups is 1. The second kappa shape index (κ2) is 12.9. The molecular weight excluding hydrogens is 355 g/mol. The van der Waals surface area contributed by atoms with Crippen molar-refractivity contribution in [1.29, 1.82) is 0 Å². The summed E-state index contributed by atoms with van der Waals surface area (Å²) in [7, 11) is 1.79. The summed E-state index contributed by atoms with van der Waals surface area (Å²) in [6, 6.07) is 0. The summed E-state index contributed by atoms with van der Waals surface area (Å²) in [5, 5.41) is 9.95. The van der Waals surface area contributed by atoms with Crippen molar-refractivity contribution in [2.24, 2.45) is 4.99 Å². The van der Waals surface area contributed by atoms with Crippen molar-refractivity contribution in [3.63, 3.8) is 0 Å². The van der Waals surface area contributed by atoms with Crippen molar-refractivity contribution >= 4 is 29.9 Å². The SMILES string of the molecule is CCOCCCNC(=NC)NCCNC(C)(C)C.I. The molecular formula is C13H31IN4O. The Morgan fingerprint density at radius 3 is 2.26 bits per heavy atom. The maximum Gasteiger partial charge on any atom is 0.191 e. The van der Waals surface area contributed by atoms with E-state index in [2.05, 4.69) is 41.7 Å². The predicted molar refractivity (Wildman–Crippen MR) is 93.6 cm³/mol. The molecule has 3 N–H and O–H groups in total. The van der Waals surface area contributed by atoms with Crippen molar-refractivity contribution < 1.29 is 4.74 Å². The van der Waals surface area contributed by atoms with Crippen LogP contribution < -0.4 is 16.0 Å². The number of hydrogen-bond acceptors (Lipinski definition) is 3. The van der Waals surface area contributed by atoms with Gasteiger partial charge in [-0.3, -0.25) is 4.99 Å². The first-order valence-corrected chi connectivity index (χ1v) is 6.77. The Labute approximate surface area is 135 Å². The van der Waals surface area contributed by atoms with E-state index in [-0.39, 0.29) is 29.5 Å². The average molecular weight is 386 g/mol. The quantitative estimate of drug-likeness (QED) is 0.257. The van der Waals surface area contributed by atoms with Crippen molar-refractivity contribution in [2.45, 2.75) is 39.7 Å². The van der Waals surface area contributed by atoms with Crippen LogP contribution in [0.3, 0.4) is 0 Å². The molecule has 19 heavy (non-hydrogen) atoms. The standard InChI is InChI=1S/C13H30N4O.HI/c1-6-18-11-7-8-15-12(14-5)16-9-10-17-13(2,3)4;/h17H,6-11H2,1-5H3,(H2,14,15,16);1H. The van der Waals surface area contributed by atoms with Gasteiger partial charge in [0.2, 0.25) is 0 Å². The molecule has 0 spiro atoms. The fraction of sp³-hybridized carbons (Fsp3) is 0.923. The van der Waals surface area contributed by atoms with Crippen LogP contribution in [-0.4, -0.2) is 51.4 Å². The highest BCUT2D eigenvalue weighted by Crippen LogP contribution is 1.96. The number of rotatable bonds is 8. The first-order chi connectivity index (χ1) is 8.49. The highest BCUT2D eigenvalue weighted by atomic mass is 127. The molecule has 116 valence electrons. The van der Waals surface area contributed by atoms with Gasteiger partial charge in [-0.1, -0.05) is 0 Å². The second-order valence-electron chi connectivity index (χ2n) is 5.15. The van der Waals surface area contributed by atoms with Crippen LogP contribution in [0.1, 0.15) is 34.1 Å². The molecule has 0 saturated carbocycles. The van der Waals surface area contributed by atoms with Gasteiger partial charge < -0.3 is 20.7 Å². The summed E-state index contributed by atoms with van der Waals surface area (Å²) in [6.07, 6.45) is 0.995. The Hall–Kier alpha value is -0.0800. The minimum atomic E-state index is 0. The van der Waals surface area contributed by atoms with Gasteiger partial charge in [0, 0.05) is 45.4 Å². The molecule has 0 saturated heterocycles. The van der Waals surface area contributed by atoms with Crippen LogP contribution in [0.4, 0.5) is 0 Å². The third-order valence-electron chi connectivity index (χ3n) is 2.26. The Morgan fingerprint density at radius 1 is 1.11 bits per heavy atom. The molecule has 5 nitrogen and oxygen atoms in total. The van der Waals surface area contributed by atoms with Gasteiger partial charge in [-0.05, 0) is 34.1 Å². The fourth-order valence-electron chi connectivity index (χ4n) is 1.36. The van der Waals surface area contributed by atoms with Gasteiger partial charge in [-0.2, -0.15) is 0 Å². The number of ether oxygens (including phenoxy) is 1. The molecule has 0 aromatic heterocycles. The molecule has 0 fully saturated rings. The van der Waals surface area contributed by atoms with E-state index < -0.39 is 0 Å². The van der Waals surface area contributed by atoms with Crippen LogP contribution in [0, 0.1) is 0 Å². The Bertz CT molecular complexity index is 229. The number of nitrogens with one attached hydrogen (secondary N) is 3. The van der Waals surface area contributed by atoms with Gasteiger partial charge in [0.1, 0.15) is 0 Å². The van der Waals surface area contributed by atoms with E-state index >= 15 is 0 Å². The minimum absolute atomic E-state index is 0. The van der Waals surface area contributed by atoms with E-state index in [9.17, 15) is 0 Å². The van der Waals surface area contributed by atoms with E-state index in [0.29, 0.717) is 0 Å². The van der Waals surface area contributed by atoms with Gasteiger partial charge in [0.25, 0.3) is 0 Å². The molecule has 0 heterocycles. The largest absolute Gasteiger partial charge is 0.382 e. The number of guanidine groups is 1. The summed E-state index contributed by atoms with van der Waals surface area (Å²) in [4.78, 5) is 4.17. The third kappa shape index (κ3) is 15.9. The zero-order chi connectivity index (χ0) is 13.9. The molecule has 0 rings (SSSR count). The molecule has 0 aromatic rings. The van der Waals surface area contributed by atoms with Crippen molar-refractivity contribution in [3.05, 3.63) is 0 Å². The molecule has 0 aliphatic rings. The molecule has 0 bridgehead atoms. The average Bonchev–Trinajstić information content (AvgIpc) is 2.30. The van der Waals surface area contributed by atoms with Crippen molar-refractivity contribution in [3.8, 4) is 0 Å². The smallest absolute Gasteiger partial charge is 0.191 e. The molecule has 0 radical (unpaired) electrons. The van der Waals surface area contributed by atoms with Crippen LogP contribution in [0.25, 0.3) is 0 Å². The lowest BCUT2D eigenvalue weighted by molar-refractivity contribution is 0.145. The lowest BCUT2D eigenvalue weighted by Gasteiger charge is -2.21. The van der Waals surface area contributed by atoms with E-state index in [1.54, 1.807) is 7.05 Å². The van der Waals surface area contributed by atoms with E-state index in [4.69, 9.17) is 4.74 Å². The molecule has 0 aliphatic carbocycles. The highest BCUT2D eigenvalue weighted by molar-refractivity contribution is 14.0. The van der Waals surface area contributed by atoms with Crippen molar-refractivity contribution in [1.82, 2.24) is 16.0 Å². The molecule has 0 unspecified atom stereocenters. The van der Waals surface area contributed by atoms with E-state index in [1.807, 2.05) is 6.92 Å². The Morgan fingerprint density at radius 2 is 1.74 bits per heavy atom. The first kappa shape index (κ1) is 21.2. The first-order valence-electron chi connectivity index (χ1n) is 6.77. The molecule has 6 heteroatoms. The van der Waals surface area contributed by atoms with Gasteiger partial charge in [-0.15, -0.1) is 24.0 Å². The molecule has 0 amide bonds. The zero-order valence-electron chi connectivity index (χ0n) is 13.0. The maximum atomic E-state index is 5.27. The molecule has 0 aliphatic heterocycles. The second-order valence-corrected chi connectivity index (χ2v) is 5.15. The van der Waals surface area contributed by atoms with Crippen LogP contribution in [0.5, 0.6) is 0 Å². The molecule has 0 atom stereocenters. The summed E-state index contributed by atoms with van der Waals surface area (Å²) in [5.74, 6) is 0.849.